The van der Waals surface area contributed by atoms with Crippen LogP contribution in [0.1, 0.15) is 78.6 Å². The normalized spacial score (nSPS) is 53.8. The minimum atomic E-state index is 0.318. The molecule has 136 valence electrons. The molecule has 0 saturated heterocycles. The van der Waals surface area contributed by atoms with E-state index in [1.54, 1.807) is 0 Å². The van der Waals surface area contributed by atoms with Crippen molar-refractivity contribution < 1.29 is 4.79 Å². The van der Waals surface area contributed by atoms with Gasteiger partial charge in [-0.15, -0.1) is 0 Å². The molecule has 0 aromatic carbocycles. The van der Waals surface area contributed by atoms with Gasteiger partial charge in [-0.25, -0.2) is 0 Å². The van der Waals surface area contributed by atoms with Crippen molar-refractivity contribution in [3.8, 4) is 0 Å². The number of ketones is 1. The average Bonchev–Trinajstić information content (AvgIpc) is 2.91. The molecule has 4 rings (SSSR count). The van der Waals surface area contributed by atoms with Crippen LogP contribution in [0.5, 0.6) is 0 Å². The van der Waals surface area contributed by atoms with Gasteiger partial charge in [0, 0.05) is 12.0 Å². The van der Waals surface area contributed by atoms with Gasteiger partial charge >= 0.3 is 0 Å². The van der Waals surface area contributed by atoms with Gasteiger partial charge in [0.15, 0.2) is 0 Å². The summed E-state index contributed by atoms with van der Waals surface area (Å²) in [6, 6.07) is 0.752. The van der Waals surface area contributed by atoms with Crippen LogP contribution >= 0.6 is 0 Å². The van der Waals surface area contributed by atoms with Crippen LogP contribution in [0.25, 0.3) is 0 Å². The molecule has 8 unspecified atom stereocenters. The average molecular weight is 332 g/mol. The molecule has 0 bridgehead atoms. The quantitative estimate of drug-likeness (QED) is 0.786. The first-order chi connectivity index (χ1) is 11.4. The largest absolute Gasteiger partial charge is 0.317 e. The van der Waals surface area contributed by atoms with Crippen LogP contribution in [-0.4, -0.2) is 18.9 Å². The Morgan fingerprint density at radius 1 is 0.917 bits per heavy atom. The predicted molar refractivity (Wildman–Crippen MR) is 98.7 cm³/mol. The van der Waals surface area contributed by atoms with Crippen LogP contribution in [0.4, 0.5) is 0 Å². The number of fused-ring (bicyclic) bond motifs is 5. The van der Waals surface area contributed by atoms with Crippen LogP contribution in [0.15, 0.2) is 0 Å². The molecule has 0 heterocycles. The topological polar surface area (TPSA) is 29.1 Å². The molecule has 0 amide bonds. The standard InChI is InChI=1S/C22H37NO/c1-14(24)18-7-8-19-17-6-5-15-13-16(23-4)9-11-21(15,2)20(17)10-12-22(18,19)3/h15-20,23H,5-13H2,1-4H3. The van der Waals surface area contributed by atoms with E-state index in [1.807, 2.05) is 6.92 Å². The van der Waals surface area contributed by atoms with Crippen molar-refractivity contribution in [3.63, 3.8) is 0 Å². The van der Waals surface area contributed by atoms with Gasteiger partial charge in [0.1, 0.15) is 5.78 Å². The minimum absolute atomic E-state index is 0.318. The Kier molecular flexibility index (Phi) is 4.14. The number of Topliss-reactive ketones (excluding diaryl/α,β-unsaturated/α-hetero) is 1. The SMILES string of the molecule is CNC1CCC2(C)C(CCC3C2CCC2(C)C(C(C)=O)CCC32)C1. The van der Waals surface area contributed by atoms with Crippen molar-refractivity contribution in [3.05, 3.63) is 0 Å². The summed E-state index contributed by atoms with van der Waals surface area (Å²) in [7, 11) is 2.14. The molecule has 4 aliphatic carbocycles. The fourth-order valence-corrected chi connectivity index (χ4v) is 8.19. The Balaban J connectivity index is 1.59. The second-order valence-electron chi connectivity index (χ2n) is 10.2. The first kappa shape index (κ1) is 17.1. The van der Waals surface area contributed by atoms with Gasteiger partial charge in [-0.05, 0) is 106 Å². The first-order valence-corrected chi connectivity index (χ1v) is 10.6. The Hall–Kier alpha value is -0.370. The van der Waals surface area contributed by atoms with Crippen LogP contribution in [0.3, 0.4) is 0 Å². The number of rotatable bonds is 2. The molecule has 0 radical (unpaired) electrons. The molecule has 0 aromatic heterocycles. The maximum absolute atomic E-state index is 12.2. The summed E-state index contributed by atoms with van der Waals surface area (Å²) in [5.41, 5.74) is 0.893. The molecular weight excluding hydrogens is 294 g/mol. The zero-order chi connectivity index (χ0) is 17.1. The van der Waals surface area contributed by atoms with E-state index in [0.717, 1.165) is 29.7 Å². The molecule has 2 nitrogen and oxygen atoms in total. The van der Waals surface area contributed by atoms with Crippen LogP contribution in [0.2, 0.25) is 0 Å². The summed E-state index contributed by atoms with van der Waals surface area (Å²) in [5.74, 6) is 4.41. The fourth-order valence-electron chi connectivity index (χ4n) is 8.19. The second-order valence-corrected chi connectivity index (χ2v) is 10.2. The molecule has 8 atom stereocenters. The second kappa shape index (κ2) is 5.83. The van der Waals surface area contributed by atoms with E-state index in [2.05, 4.69) is 26.2 Å². The van der Waals surface area contributed by atoms with Gasteiger partial charge in [-0.1, -0.05) is 13.8 Å². The van der Waals surface area contributed by atoms with Gasteiger partial charge in [0.2, 0.25) is 0 Å². The van der Waals surface area contributed by atoms with Crippen LogP contribution in [-0.2, 0) is 4.79 Å². The highest BCUT2D eigenvalue weighted by atomic mass is 16.1. The monoisotopic (exact) mass is 331 g/mol. The Morgan fingerprint density at radius 2 is 1.62 bits per heavy atom. The van der Waals surface area contributed by atoms with Gasteiger partial charge in [-0.2, -0.15) is 0 Å². The van der Waals surface area contributed by atoms with E-state index in [-0.39, 0.29) is 0 Å². The molecule has 2 heteroatoms. The number of nitrogens with one attached hydrogen (secondary N) is 1. The number of carbonyl (C=O) groups is 1. The first-order valence-electron chi connectivity index (χ1n) is 10.6. The number of carbonyl (C=O) groups excluding carboxylic acids is 1. The molecule has 0 aromatic rings. The van der Waals surface area contributed by atoms with E-state index in [9.17, 15) is 4.79 Å². The maximum Gasteiger partial charge on any atom is 0.133 e. The predicted octanol–water partition coefficient (Wildman–Crippen LogP) is 4.82. The van der Waals surface area contributed by atoms with E-state index >= 15 is 0 Å². The minimum Gasteiger partial charge on any atom is -0.317 e. The molecule has 0 spiro atoms. The molecule has 24 heavy (non-hydrogen) atoms. The van der Waals surface area contributed by atoms with E-state index in [4.69, 9.17) is 0 Å². The summed E-state index contributed by atoms with van der Waals surface area (Å²) < 4.78 is 0. The lowest BCUT2D eigenvalue weighted by Gasteiger charge is -2.61. The molecule has 4 aliphatic rings. The van der Waals surface area contributed by atoms with Crippen molar-refractivity contribution >= 4 is 5.78 Å². The highest BCUT2D eigenvalue weighted by molar-refractivity contribution is 5.79. The molecule has 0 aliphatic heterocycles. The van der Waals surface area contributed by atoms with E-state index in [0.29, 0.717) is 22.5 Å². The lowest BCUT2D eigenvalue weighted by molar-refractivity contribution is -0.134. The van der Waals surface area contributed by atoms with Crippen molar-refractivity contribution in [1.29, 1.82) is 0 Å². The third-order valence-electron chi connectivity index (χ3n) is 9.56. The van der Waals surface area contributed by atoms with E-state index < -0.39 is 0 Å². The summed E-state index contributed by atoms with van der Waals surface area (Å²) in [6.45, 7) is 6.96. The third kappa shape index (κ3) is 2.27. The summed E-state index contributed by atoms with van der Waals surface area (Å²) in [6.07, 6.45) is 12.2. The summed E-state index contributed by atoms with van der Waals surface area (Å²) in [5, 5.41) is 3.55. The number of hydrogen-bond donors (Lipinski definition) is 1. The lowest BCUT2D eigenvalue weighted by Crippen LogP contribution is -2.55. The van der Waals surface area contributed by atoms with Crippen molar-refractivity contribution in [1.82, 2.24) is 5.32 Å². The molecule has 1 N–H and O–H groups in total. The molecular formula is C22H37NO. The highest BCUT2D eigenvalue weighted by Gasteiger charge is 2.60. The molecule has 4 saturated carbocycles. The zero-order valence-electron chi connectivity index (χ0n) is 16.2. The smallest absolute Gasteiger partial charge is 0.133 e. The Bertz CT molecular complexity index is 516. The van der Waals surface area contributed by atoms with Crippen molar-refractivity contribution in [2.24, 2.45) is 40.4 Å². The summed E-state index contributed by atoms with van der Waals surface area (Å²) >= 11 is 0. The van der Waals surface area contributed by atoms with Gasteiger partial charge in [0.05, 0.1) is 0 Å². The fraction of sp³-hybridized carbons (Fsp3) is 0.955. The van der Waals surface area contributed by atoms with Crippen molar-refractivity contribution in [2.45, 2.75) is 84.6 Å². The third-order valence-corrected chi connectivity index (χ3v) is 9.56. The maximum atomic E-state index is 12.2. The highest BCUT2D eigenvalue weighted by Crippen LogP contribution is 2.67. The molecule has 4 fully saturated rings. The van der Waals surface area contributed by atoms with E-state index in [1.165, 1.54) is 57.8 Å². The van der Waals surface area contributed by atoms with Gasteiger partial charge in [-0.3, -0.25) is 4.79 Å². The number of hydrogen-bond acceptors (Lipinski definition) is 2. The van der Waals surface area contributed by atoms with Crippen LogP contribution < -0.4 is 5.32 Å². The van der Waals surface area contributed by atoms with Crippen molar-refractivity contribution in [2.75, 3.05) is 7.05 Å². The van der Waals surface area contributed by atoms with Crippen LogP contribution in [0, 0.1) is 40.4 Å². The Labute approximate surface area is 148 Å². The zero-order valence-corrected chi connectivity index (χ0v) is 16.2. The van der Waals surface area contributed by atoms with Gasteiger partial charge < -0.3 is 5.32 Å². The van der Waals surface area contributed by atoms with Gasteiger partial charge in [0.25, 0.3) is 0 Å². The summed E-state index contributed by atoms with van der Waals surface area (Å²) in [4.78, 5) is 12.2. The Morgan fingerprint density at radius 3 is 2.33 bits per heavy atom. The lowest BCUT2D eigenvalue weighted by atomic mass is 9.44.